The Morgan fingerprint density at radius 2 is 1.40 bits per heavy atom. The van der Waals surface area contributed by atoms with Gasteiger partial charge in [-0.05, 0) is 64.4 Å². The summed E-state index contributed by atoms with van der Waals surface area (Å²) < 4.78 is 23.3. The summed E-state index contributed by atoms with van der Waals surface area (Å²) in [5.74, 6) is -2.76. The molecule has 6 aromatic rings. The molecule has 20 heteroatoms. The first-order valence-corrected chi connectivity index (χ1v) is 20.4. The molecular weight excluding hydrogens is 815 g/mol. The molecule has 0 saturated carbocycles. The van der Waals surface area contributed by atoms with Crippen LogP contribution < -0.4 is 25.0 Å². The molecule has 0 saturated heterocycles. The van der Waals surface area contributed by atoms with Crippen molar-refractivity contribution in [3.63, 3.8) is 0 Å². The van der Waals surface area contributed by atoms with E-state index in [9.17, 15) is 29.1 Å². The lowest BCUT2D eigenvalue weighted by Gasteiger charge is -2.21. The summed E-state index contributed by atoms with van der Waals surface area (Å²) in [6, 6.07) is 7.94. The van der Waals surface area contributed by atoms with Gasteiger partial charge in [0.25, 0.3) is 11.8 Å². The van der Waals surface area contributed by atoms with E-state index in [4.69, 9.17) is 24.2 Å². The van der Waals surface area contributed by atoms with Gasteiger partial charge >= 0.3 is 11.9 Å². The van der Waals surface area contributed by atoms with E-state index >= 15 is 0 Å². The second kappa shape index (κ2) is 19.0. The van der Waals surface area contributed by atoms with E-state index in [2.05, 4.69) is 20.8 Å². The van der Waals surface area contributed by atoms with Crippen LogP contribution in [0.25, 0.3) is 22.1 Å². The average molecular weight is 866 g/mol. The van der Waals surface area contributed by atoms with Crippen LogP contribution in [0.4, 0.5) is 17.6 Å². The van der Waals surface area contributed by atoms with Crippen LogP contribution in [-0.2, 0) is 35.7 Å². The number of aromatic carboxylic acids is 1. The maximum absolute atomic E-state index is 13.9. The molecule has 0 aliphatic carbocycles. The minimum absolute atomic E-state index is 0.0522. The van der Waals surface area contributed by atoms with Crippen LogP contribution in [0.15, 0.2) is 42.5 Å². The number of imidazole rings is 2. The third-order valence-corrected chi connectivity index (χ3v) is 10.2. The van der Waals surface area contributed by atoms with Gasteiger partial charge in [0.2, 0.25) is 17.8 Å². The highest BCUT2D eigenvalue weighted by Gasteiger charge is 2.29. The second-order valence-corrected chi connectivity index (χ2v) is 14.4. The van der Waals surface area contributed by atoms with Crippen LogP contribution in [0.3, 0.4) is 0 Å². The number of esters is 1. The first-order valence-electron chi connectivity index (χ1n) is 20.4. The number of ether oxygens (including phenoxy) is 3. The number of carbonyl (C=O) groups excluding carboxylic acids is 4. The standard InChI is InChI=1S/C43H51N11O9/c1-10-18-63-37-34(40(58)59)28(50(7)33(55)11-2)23-29-35(37)45-43(47-39(57)31-20-25(6)49-54(31)13-4)51(29)16-14-15-17-52-36-27(21-26(41(60)62-9)22-32(36)61-8)44-42(52)46-38(56)30-19-24(5)48-53(30)12-3/h14-15,19-23H,10-13,16-18H2,1-9H3,(H,58,59)(H,44,46,56)(H,45,47,57). The Balaban J connectivity index is 1.49. The molecule has 3 N–H and O–H groups in total. The predicted molar refractivity (Wildman–Crippen MR) is 234 cm³/mol. The Kier molecular flexibility index (Phi) is 13.6. The number of nitrogens with zero attached hydrogens (tertiary/aromatic N) is 9. The van der Waals surface area contributed by atoms with E-state index in [-0.39, 0.29) is 77.7 Å². The number of methoxy groups -OCH3 is 2. The highest BCUT2D eigenvalue weighted by Crippen LogP contribution is 2.39. The van der Waals surface area contributed by atoms with Gasteiger partial charge in [0.1, 0.15) is 33.7 Å². The summed E-state index contributed by atoms with van der Waals surface area (Å²) in [7, 11) is 4.21. The number of carboxylic acids is 1. The largest absolute Gasteiger partial charge is 0.494 e. The SMILES string of the molecule is CCCOc1c(C(=O)O)c(N(C)C(=O)CC)cc2c1nc(NC(=O)c1cc(C)nn1CC)n2CC=CCn1c(NC(=O)c2cc(C)nn2CC)nc2cc(C(=O)OC)cc(OC)c21. The van der Waals surface area contributed by atoms with Crippen molar-refractivity contribution >= 4 is 69.3 Å². The zero-order chi connectivity index (χ0) is 45.7. The van der Waals surface area contributed by atoms with Crippen LogP contribution in [0.5, 0.6) is 11.5 Å². The van der Waals surface area contributed by atoms with Crippen molar-refractivity contribution in [2.75, 3.05) is 43.4 Å². The number of benzene rings is 2. The van der Waals surface area contributed by atoms with Gasteiger partial charge < -0.3 is 33.4 Å². The zero-order valence-electron chi connectivity index (χ0n) is 36.7. The number of hydrogen-bond acceptors (Lipinski definition) is 12. The first-order chi connectivity index (χ1) is 30.2. The molecule has 6 rings (SSSR count). The molecule has 0 aliphatic rings. The lowest BCUT2D eigenvalue weighted by Crippen LogP contribution is -2.27. The number of aryl methyl sites for hydroxylation is 4. The summed E-state index contributed by atoms with van der Waals surface area (Å²) in [4.78, 5) is 76.9. The van der Waals surface area contributed by atoms with Crippen LogP contribution >= 0.6 is 0 Å². The Hall–Kier alpha value is -7.51. The molecule has 4 aromatic heterocycles. The van der Waals surface area contributed by atoms with E-state index in [1.54, 1.807) is 75.7 Å². The topological polar surface area (TPSA) is 232 Å². The summed E-state index contributed by atoms with van der Waals surface area (Å²) in [5, 5.41) is 25.1. The van der Waals surface area contributed by atoms with Gasteiger partial charge in [-0.1, -0.05) is 26.0 Å². The molecule has 0 unspecified atom stereocenters. The molecular formula is C43H51N11O9. The van der Waals surface area contributed by atoms with Crippen molar-refractivity contribution in [2.45, 2.75) is 80.6 Å². The van der Waals surface area contributed by atoms with Crippen molar-refractivity contribution in [3.8, 4) is 11.5 Å². The van der Waals surface area contributed by atoms with Gasteiger partial charge in [0.05, 0.1) is 54.5 Å². The zero-order valence-corrected chi connectivity index (χ0v) is 36.7. The molecule has 0 aliphatic heterocycles. The van der Waals surface area contributed by atoms with Crippen LogP contribution in [0, 0.1) is 13.8 Å². The minimum atomic E-state index is -1.32. The monoisotopic (exact) mass is 865 g/mol. The third kappa shape index (κ3) is 8.95. The van der Waals surface area contributed by atoms with E-state index in [0.29, 0.717) is 58.9 Å². The third-order valence-electron chi connectivity index (χ3n) is 10.2. The summed E-state index contributed by atoms with van der Waals surface area (Å²) >= 11 is 0. The van der Waals surface area contributed by atoms with E-state index < -0.39 is 23.8 Å². The minimum Gasteiger partial charge on any atom is -0.494 e. The normalized spacial score (nSPS) is 11.4. The maximum Gasteiger partial charge on any atom is 0.341 e. The number of carboxylic acid groups (broad SMARTS) is 1. The van der Waals surface area contributed by atoms with Crippen molar-refractivity contribution in [1.29, 1.82) is 0 Å². The molecule has 3 amide bonds. The van der Waals surface area contributed by atoms with E-state index in [0.717, 1.165) is 0 Å². The highest BCUT2D eigenvalue weighted by molar-refractivity contribution is 6.10. The number of amides is 3. The molecule has 2 aromatic carbocycles. The molecule has 0 atom stereocenters. The fourth-order valence-corrected chi connectivity index (χ4v) is 7.21. The number of allylic oxidation sites excluding steroid dienone is 2. The van der Waals surface area contributed by atoms with Gasteiger partial charge in [-0.25, -0.2) is 19.6 Å². The van der Waals surface area contributed by atoms with Gasteiger partial charge in [-0.2, -0.15) is 10.2 Å². The Morgan fingerprint density at radius 1 is 0.810 bits per heavy atom. The average Bonchev–Trinajstić information content (AvgIpc) is 4.04. The lowest BCUT2D eigenvalue weighted by atomic mass is 10.1. The summed E-state index contributed by atoms with van der Waals surface area (Å²) in [6.45, 7) is 12.1. The molecule has 0 bridgehead atoms. The molecule has 0 spiro atoms. The smallest absolute Gasteiger partial charge is 0.341 e. The van der Waals surface area contributed by atoms with Crippen molar-refractivity contribution in [1.82, 2.24) is 38.7 Å². The van der Waals surface area contributed by atoms with E-state index in [1.807, 2.05) is 20.8 Å². The number of anilines is 3. The van der Waals surface area contributed by atoms with Crippen LogP contribution in [0.2, 0.25) is 0 Å². The second-order valence-electron chi connectivity index (χ2n) is 14.4. The van der Waals surface area contributed by atoms with Gasteiger partial charge in [-0.3, -0.25) is 34.4 Å². The van der Waals surface area contributed by atoms with Crippen LogP contribution in [0.1, 0.15) is 93.6 Å². The lowest BCUT2D eigenvalue weighted by molar-refractivity contribution is -0.118. The van der Waals surface area contributed by atoms with E-state index in [1.165, 1.54) is 32.2 Å². The molecule has 63 heavy (non-hydrogen) atoms. The number of fused-ring (bicyclic) bond motifs is 2. The fraction of sp³-hybridized carbons (Fsp3) is 0.372. The highest BCUT2D eigenvalue weighted by atomic mass is 16.5. The number of rotatable bonds is 18. The molecule has 0 fully saturated rings. The van der Waals surface area contributed by atoms with Gasteiger partial charge in [-0.15, -0.1) is 0 Å². The maximum atomic E-state index is 13.9. The summed E-state index contributed by atoms with van der Waals surface area (Å²) in [6.07, 6.45) is 4.24. The fourth-order valence-electron chi connectivity index (χ4n) is 7.21. The number of aromatic nitrogens is 8. The first kappa shape index (κ1) is 45.0. The van der Waals surface area contributed by atoms with Crippen LogP contribution in [-0.4, -0.2) is 101 Å². The molecule has 0 radical (unpaired) electrons. The number of carbonyl (C=O) groups is 5. The Bertz CT molecular complexity index is 2770. The van der Waals surface area contributed by atoms with Crippen molar-refractivity contribution in [3.05, 3.63) is 76.4 Å². The number of hydrogen-bond donors (Lipinski definition) is 3. The quantitative estimate of drug-likeness (QED) is 0.0681. The molecule has 20 nitrogen and oxygen atoms in total. The summed E-state index contributed by atoms with van der Waals surface area (Å²) in [5.41, 5.74) is 3.28. The Morgan fingerprint density at radius 3 is 1.92 bits per heavy atom. The molecule has 332 valence electrons. The Labute approximate surface area is 362 Å². The number of nitrogens with one attached hydrogen (secondary N) is 2. The van der Waals surface area contributed by atoms with Crippen molar-refractivity contribution < 1.29 is 43.3 Å². The molecule has 4 heterocycles. The van der Waals surface area contributed by atoms with Gasteiger partial charge in [0, 0.05) is 39.6 Å². The predicted octanol–water partition coefficient (Wildman–Crippen LogP) is 5.85. The van der Waals surface area contributed by atoms with Crippen molar-refractivity contribution in [2.24, 2.45) is 0 Å². The van der Waals surface area contributed by atoms with Gasteiger partial charge in [0.15, 0.2) is 5.75 Å².